The van der Waals surface area contributed by atoms with Gasteiger partial charge in [-0.05, 0) is 24.3 Å². The van der Waals surface area contributed by atoms with Gasteiger partial charge in [-0.15, -0.1) is 0 Å². The molecule has 0 fully saturated rings. The van der Waals surface area contributed by atoms with Gasteiger partial charge in [0, 0.05) is 11.1 Å². The summed E-state index contributed by atoms with van der Waals surface area (Å²) in [7, 11) is 0. The average Bonchev–Trinajstić information content (AvgIpc) is 2.66. The monoisotopic (exact) mass is 420 g/mol. The third kappa shape index (κ3) is 10.5. The molecule has 0 saturated heterocycles. The van der Waals surface area contributed by atoms with Gasteiger partial charge in [-0.3, -0.25) is 9.59 Å². The molecule has 0 saturated carbocycles. The number of carbonyl (C=O) groups is 4. The van der Waals surface area contributed by atoms with Crippen molar-refractivity contribution in [2.24, 2.45) is 0 Å². The molecule has 2 aromatic rings. The van der Waals surface area contributed by atoms with Crippen molar-refractivity contribution in [3.05, 3.63) is 71.8 Å². The van der Waals surface area contributed by atoms with E-state index in [1.165, 1.54) is 0 Å². The summed E-state index contributed by atoms with van der Waals surface area (Å²) >= 11 is 0. The van der Waals surface area contributed by atoms with Crippen LogP contribution in [0.15, 0.2) is 60.7 Å². The van der Waals surface area contributed by atoms with Crippen LogP contribution in [0.4, 0.5) is 0 Å². The number of rotatable bonds is 6. The zero-order chi connectivity index (χ0) is 19.4. The van der Waals surface area contributed by atoms with Gasteiger partial charge in [0.1, 0.15) is 0 Å². The zero-order valence-corrected chi connectivity index (χ0v) is 17.3. The minimum atomic E-state index is -1.30. The van der Waals surface area contributed by atoms with Crippen molar-refractivity contribution in [3.63, 3.8) is 0 Å². The van der Waals surface area contributed by atoms with E-state index < -0.39 is 36.8 Å². The molecule has 9 heteroatoms. The van der Waals surface area contributed by atoms with E-state index in [1.807, 2.05) is 0 Å². The molecule has 136 valence electrons. The van der Waals surface area contributed by atoms with Gasteiger partial charge in [0.2, 0.25) is 0 Å². The van der Waals surface area contributed by atoms with Crippen LogP contribution in [0.3, 0.4) is 0 Å². The maximum Gasteiger partial charge on any atom is 2.00 e. The maximum absolute atomic E-state index is 11.1. The van der Waals surface area contributed by atoms with Crippen LogP contribution in [-0.2, 0) is 29.1 Å². The smallest absolute Gasteiger partial charge is 0.548 e. The molecule has 0 spiro atoms. The minimum Gasteiger partial charge on any atom is -0.548 e. The Hall–Kier alpha value is -3.06. The Morgan fingerprint density at radius 2 is 0.926 bits per heavy atom. The van der Waals surface area contributed by atoms with Gasteiger partial charge in [-0.25, -0.2) is 0 Å². The molecule has 2 aromatic carbocycles. The molecule has 0 heterocycles. The Balaban J connectivity index is 0.000000483. The van der Waals surface area contributed by atoms with Crippen molar-refractivity contribution < 1.29 is 48.9 Å². The second-order valence-corrected chi connectivity index (χ2v) is 4.84. The van der Waals surface area contributed by atoms with Crippen LogP contribution >= 0.6 is 0 Å². The van der Waals surface area contributed by atoms with E-state index in [9.17, 15) is 29.4 Å². The Morgan fingerprint density at radius 1 is 0.630 bits per heavy atom. The van der Waals surface area contributed by atoms with Crippen LogP contribution in [0.5, 0.6) is 0 Å². The molecule has 0 aliphatic carbocycles. The number of amides is 2. The summed E-state index contributed by atoms with van der Waals surface area (Å²) in [6, 6.07) is 16.8. The molecular weight excluding hydrogens is 406 g/mol. The van der Waals surface area contributed by atoms with E-state index in [0.717, 1.165) is 0 Å². The number of aliphatic carboxylic acids is 2. The first-order valence-electron chi connectivity index (χ1n) is 7.46. The Morgan fingerprint density at radius 3 is 1.19 bits per heavy atom. The molecule has 0 aliphatic heterocycles. The average molecular weight is 422 g/mol. The molecule has 8 nitrogen and oxygen atoms in total. The van der Waals surface area contributed by atoms with Crippen molar-refractivity contribution in [2.45, 2.75) is 0 Å². The fourth-order valence-electron chi connectivity index (χ4n) is 1.69. The number of carbonyl (C=O) groups excluding carboxylic acids is 4. The molecule has 27 heavy (non-hydrogen) atoms. The second kappa shape index (κ2) is 13.2. The van der Waals surface area contributed by atoms with Crippen LogP contribution in [-0.4, -0.2) is 36.8 Å². The fourth-order valence-corrected chi connectivity index (χ4v) is 1.69. The summed E-state index contributed by atoms with van der Waals surface area (Å²) in [6.07, 6.45) is 0. The van der Waals surface area contributed by atoms with Gasteiger partial charge in [0.25, 0.3) is 11.8 Å². The summed E-state index contributed by atoms with van der Waals surface area (Å²) in [5.74, 6) is -3.43. The van der Waals surface area contributed by atoms with Crippen molar-refractivity contribution >= 4 is 23.8 Å². The molecule has 0 radical (unpaired) electrons. The quantitative estimate of drug-likeness (QED) is 0.535. The second-order valence-electron chi connectivity index (χ2n) is 4.84. The van der Waals surface area contributed by atoms with Gasteiger partial charge in [-0.1, -0.05) is 36.4 Å². The summed E-state index contributed by atoms with van der Waals surface area (Å²) in [5, 5.41) is 24.4. The predicted octanol–water partition coefficient (Wildman–Crippen LogP) is -1.67. The molecule has 2 rings (SSSR count). The zero-order valence-electron chi connectivity index (χ0n) is 14.3. The third-order valence-electron chi connectivity index (χ3n) is 2.86. The van der Waals surface area contributed by atoms with Crippen LogP contribution in [0, 0.1) is 0 Å². The maximum atomic E-state index is 11.1. The number of carboxylic acid groups (broad SMARTS) is 2. The summed E-state index contributed by atoms with van der Waals surface area (Å²) in [6.45, 7) is -0.929. The normalized spacial score (nSPS) is 8.89. The van der Waals surface area contributed by atoms with E-state index >= 15 is 0 Å². The summed E-state index contributed by atoms with van der Waals surface area (Å²) in [4.78, 5) is 42.3. The molecule has 2 N–H and O–H groups in total. The van der Waals surface area contributed by atoms with Crippen LogP contribution in [0.2, 0.25) is 0 Å². The first kappa shape index (κ1) is 23.9. The largest absolute Gasteiger partial charge is 2.00 e. The number of carboxylic acids is 2. The summed E-state index contributed by atoms with van der Waals surface area (Å²) in [5.41, 5.74) is 0.868. The Labute approximate surface area is 168 Å². The summed E-state index contributed by atoms with van der Waals surface area (Å²) < 4.78 is 0. The van der Waals surface area contributed by atoms with Crippen LogP contribution in [0.25, 0.3) is 0 Å². The minimum absolute atomic E-state index is 0. The molecule has 0 atom stereocenters. The first-order chi connectivity index (χ1) is 12.4. The Kier molecular flexibility index (Phi) is 11.7. The first-order valence-corrected chi connectivity index (χ1v) is 7.46. The number of benzene rings is 2. The van der Waals surface area contributed by atoms with Crippen LogP contribution in [0.1, 0.15) is 20.7 Å². The molecular formula is C18H16N2O6Zn. The Bertz CT molecular complexity index is 687. The van der Waals surface area contributed by atoms with E-state index in [-0.39, 0.29) is 19.5 Å². The fraction of sp³-hybridized carbons (Fsp3) is 0.111. The van der Waals surface area contributed by atoms with Crippen LogP contribution < -0.4 is 20.8 Å². The van der Waals surface area contributed by atoms with Gasteiger partial charge in [0.05, 0.1) is 25.0 Å². The number of hydrogen-bond donors (Lipinski definition) is 2. The molecule has 2 amide bonds. The van der Waals surface area contributed by atoms with Crippen molar-refractivity contribution in [1.29, 1.82) is 0 Å². The number of hydrogen-bond acceptors (Lipinski definition) is 6. The molecule has 0 aromatic heterocycles. The van der Waals surface area contributed by atoms with E-state index in [1.54, 1.807) is 60.7 Å². The van der Waals surface area contributed by atoms with Gasteiger partial charge >= 0.3 is 19.5 Å². The van der Waals surface area contributed by atoms with Gasteiger partial charge < -0.3 is 30.4 Å². The van der Waals surface area contributed by atoms with Crippen molar-refractivity contribution in [1.82, 2.24) is 10.6 Å². The predicted molar refractivity (Wildman–Crippen MR) is 87.6 cm³/mol. The van der Waals surface area contributed by atoms with Crippen molar-refractivity contribution in [3.8, 4) is 0 Å². The van der Waals surface area contributed by atoms with Gasteiger partial charge in [-0.2, -0.15) is 0 Å². The topological polar surface area (TPSA) is 138 Å². The molecule has 0 aliphatic rings. The van der Waals surface area contributed by atoms with E-state index in [4.69, 9.17) is 0 Å². The van der Waals surface area contributed by atoms with E-state index in [2.05, 4.69) is 10.6 Å². The number of nitrogens with one attached hydrogen (secondary N) is 2. The van der Waals surface area contributed by atoms with Gasteiger partial charge in [0.15, 0.2) is 0 Å². The SMILES string of the molecule is O=C([O-])CNC(=O)c1ccccc1.O=C([O-])CNC(=O)c1ccccc1.[Zn+2]. The third-order valence-corrected chi connectivity index (χ3v) is 2.86. The molecule has 0 unspecified atom stereocenters. The van der Waals surface area contributed by atoms with Crippen molar-refractivity contribution in [2.75, 3.05) is 13.1 Å². The van der Waals surface area contributed by atoms with E-state index in [0.29, 0.717) is 11.1 Å². The standard InChI is InChI=1S/2C9H9NO3.Zn/c2*11-8(12)6-10-9(13)7-4-2-1-3-5-7;/h2*1-5H,6H2,(H,10,13)(H,11,12);/q;;+2/p-2. The molecule has 0 bridgehead atoms.